The first-order chi connectivity index (χ1) is 19.6. The number of carbonyl (C=O) groups excluding carboxylic acids is 2. The fourth-order valence-corrected chi connectivity index (χ4v) is 8.78. The standard InChI is InChI=1S/C29H38ClF2N5O4S/c1-27(2,3)37-12-10-35(11-13-37)19-4-5-24(23(30)14-19)42(40,41)20-15-21(25(38)34-28(17-33)6-7-28)22(16-20)26(39)36-9-8-29(31,32)18-36/h4-5,14,20-22H,6-13,15-16,18H2,1-3H3,(H,34,38)/t20-,21-,22-/m1/s1. The normalized spacial score (nSPS) is 27.5. The van der Waals surface area contributed by atoms with Crippen molar-refractivity contribution in [2.45, 2.75) is 80.0 Å². The SMILES string of the molecule is CC(C)(C)N1CCN(c2ccc(S(=O)(=O)[C@@H]3C[C@@H](C(=O)NC4(C#N)CC4)[C@H](C(=O)N4CCC(F)(F)C4)C3)c(Cl)c2)CC1. The predicted octanol–water partition coefficient (Wildman–Crippen LogP) is 3.47. The third-order valence-electron chi connectivity index (χ3n) is 9.24. The van der Waals surface area contributed by atoms with E-state index in [0.717, 1.165) is 36.8 Å². The molecule has 0 spiro atoms. The molecule has 13 heteroatoms. The van der Waals surface area contributed by atoms with Crippen molar-refractivity contribution in [3.63, 3.8) is 0 Å². The van der Waals surface area contributed by atoms with Gasteiger partial charge in [-0.3, -0.25) is 14.5 Å². The smallest absolute Gasteiger partial charge is 0.267 e. The number of likely N-dealkylation sites (tertiary alicyclic amines) is 1. The highest BCUT2D eigenvalue weighted by molar-refractivity contribution is 7.92. The van der Waals surface area contributed by atoms with Crippen LogP contribution in [0.5, 0.6) is 0 Å². The van der Waals surface area contributed by atoms with E-state index < -0.39 is 63.2 Å². The van der Waals surface area contributed by atoms with Crippen molar-refractivity contribution < 1.29 is 26.8 Å². The van der Waals surface area contributed by atoms with Gasteiger partial charge in [0.1, 0.15) is 5.54 Å². The monoisotopic (exact) mass is 625 g/mol. The van der Waals surface area contributed by atoms with E-state index in [-0.39, 0.29) is 34.8 Å². The number of rotatable bonds is 6. The maximum Gasteiger partial charge on any atom is 0.267 e. The Morgan fingerprint density at radius 2 is 1.69 bits per heavy atom. The molecule has 4 aliphatic rings. The molecule has 9 nitrogen and oxygen atoms in total. The molecular formula is C29H38ClF2N5O4S. The first-order valence-electron chi connectivity index (χ1n) is 14.5. The average molecular weight is 626 g/mol. The number of piperazine rings is 1. The molecule has 2 saturated carbocycles. The summed E-state index contributed by atoms with van der Waals surface area (Å²) in [5.74, 6) is -6.42. The van der Waals surface area contributed by atoms with Gasteiger partial charge in [-0.25, -0.2) is 17.2 Å². The highest BCUT2D eigenvalue weighted by Gasteiger charge is 2.53. The number of sulfone groups is 1. The van der Waals surface area contributed by atoms with E-state index in [9.17, 15) is 32.0 Å². The number of nitriles is 1. The van der Waals surface area contributed by atoms with Crippen LogP contribution in [0.3, 0.4) is 0 Å². The summed E-state index contributed by atoms with van der Waals surface area (Å²) in [6, 6.07) is 6.90. The zero-order chi connectivity index (χ0) is 30.7. The van der Waals surface area contributed by atoms with Crippen LogP contribution in [-0.2, 0) is 19.4 Å². The lowest BCUT2D eigenvalue weighted by molar-refractivity contribution is -0.141. The number of carbonyl (C=O) groups is 2. The molecule has 2 amide bonds. The van der Waals surface area contributed by atoms with Gasteiger partial charge in [-0.2, -0.15) is 5.26 Å². The maximum atomic E-state index is 13.9. The van der Waals surface area contributed by atoms with Crippen LogP contribution in [-0.4, -0.2) is 91.6 Å². The van der Waals surface area contributed by atoms with Crippen LogP contribution in [0, 0.1) is 23.2 Å². The molecule has 2 saturated heterocycles. The third-order valence-corrected chi connectivity index (χ3v) is 11.9. The highest BCUT2D eigenvalue weighted by atomic mass is 35.5. The second-order valence-corrected chi connectivity index (χ2v) is 15.8. The topological polar surface area (TPSA) is 114 Å². The molecule has 2 aliphatic heterocycles. The second-order valence-electron chi connectivity index (χ2n) is 13.2. The van der Waals surface area contributed by atoms with Crippen LogP contribution in [0.25, 0.3) is 0 Å². The first-order valence-corrected chi connectivity index (χ1v) is 16.4. The average Bonchev–Trinajstić information content (AvgIpc) is 3.37. The first kappa shape index (κ1) is 31.0. The maximum absolute atomic E-state index is 13.9. The number of hydrogen-bond donors (Lipinski definition) is 1. The van der Waals surface area contributed by atoms with E-state index in [1.807, 2.05) is 0 Å². The van der Waals surface area contributed by atoms with Gasteiger partial charge in [0, 0.05) is 50.4 Å². The Hall–Kier alpha value is -2.49. The van der Waals surface area contributed by atoms with E-state index in [1.165, 1.54) is 6.07 Å². The van der Waals surface area contributed by atoms with Crippen molar-refractivity contribution in [1.82, 2.24) is 15.1 Å². The largest absolute Gasteiger partial charge is 0.369 e. The Morgan fingerprint density at radius 3 is 2.21 bits per heavy atom. The van der Waals surface area contributed by atoms with Crippen LogP contribution in [0.15, 0.2) is 23.1 Å². The zero-order valence-corrected chi connectivity index (χ0v) is 25.8. The number of nitrogens with one attached hydrogen (secondary N) is 1. The predicted molar refractivity (Wildman–Crippen MR) is 154 cm³/mol. The summed E-state index contributed by atoms with van der Waals surface area (Å²) in [7, 11) is -4.08. The van der Waals surface area contributed by atoms with Crippen molar-refractivity contribution >= 4 is 38.9 Å². The number of hydrogen-bond acceptors (Lipinski definition) is 7. The Bertz CT molecular complexity index is 1400. The lowest BCUT2D eigenvalue weighted by Crippen LogP contribution is -2.53. The minimum Gasteiger partial charge on any atom is -0.369 e. The molecule has 0 unspecified atom stereocenters. The molecule has 2 aliphatic carbocycles. The Morgan fingerprint density at radius 1 is 1.05 bits per heavy atom. The van der Waals surface area contributed by atoms with Crippen molar-refractivity contribution in [3.8, 4) is 6.07 Å². The number of anilines is 1. The molecular weight excluding hydrogens is 588 g/mol. The molecule has 0 radical (unpaired) electrons. The second kappa shape index (κ2) is 10.9. The number of halogens is 3. The summed E-state index contributed by atoms with van der Waals surface area (Å²) in [6.45, 7) is 8.84. The lowest BCUT2D eigenvalue weighted by Gasteiger charge is -2.43. The zero-order valence-electron chi connectivity index (χ0n) is 24.2. The van der Waals surface area contributed by atoms with Gasteiger partial charge in [-0.15, -0.1) is 0 Å². The molecule has 0 bridgehead atoms. The summed E-state index contributed by atoms with van der Waals surface area (Å²) in [5.41, 5.74) is -0.147. The molecule has 0 aromatic heterocycles. The van der Waals surface area contributed by atoms with Crippen LogP contribution in [0.2, 0.25) is 5.02 Å². The fourth-order valence-electron chi connectivity index (χ4n) is 6.42. The summed E-state index contributed by atoms with van der Waals surface area (Å²) in [4.78, 5) is 32.2. The summed E-state index contributed by atoms with van der Waals surface area (Å²) < 4.78 is 55.6. The van der Waals surface area contributed by atoms with Gasteiger partial charge in [0.25, 0.3) is 5.92 Å². The Labute approximate surface area is 251 Å². The summed E-state index contributed by atoms with van der Waals surface area (Å²) in [6.07, 6.45) is 0.105. The van der Waals surface area contributed by atoms with Gasteiger partial charge in [-0.1, -0.05) is 11.6 Å². The molecule has 2 heterocycles. The van der Waals surface area contributed by atoms with Gasteiger partial charge in [0.15, 0.2) is 9.84 Å². The van der Waals surface area contributed by atoms with E-state index in [4.69, 9.17) is 11.6 Å². The van der Waals surface area contributed by atoms with E-state index in [1.54, 1.807) is 12.1 Å². The van der Waals surface area contributed by atoms with Gasteiger partial charge in [-0.05, 0) is 64.7 Å². The van der Waals surface area contributed by atoms with Crippen LogP contribution in [0.1, 0.15) is 52.9 Å². The van der Waals surface area contributed by atoms with Crippen LogP contribution in [0.4, 0.5) is 14.5 Å². The van der Waals surface area contributed by atoms with Gasteiger partial charge >= 0.3 is 0 Å². The number of nitrogens with zero attached hydrogens (tertiary/aromatic N) is 4. The lowest BCUT2D eigenvalue weighted by atomic mass is 9.93. The molecule has 5 rings (SSSR count). The molecule has 42 heavy (non-hydrogen) atoms. The third kappa shape index (κ3) is 6.10. The number of alkyl halides is 2. The highest BCUT2D eigenvalue weighted by Crippen LogP contribution is 2.44. The van der Waals surface area contributed by atoms with Gasteiger partial charge in [0.2, 0.25) is 11.8 Å². The van der Waals surface area contributed by atoms with E-state index in [0.29, 0.717) is 12.8 Å². The van der Waals surface area contributed by atoms with Crippen molar-refractivity contribution in [2.24, 2.45) is 11.8 Å². The summed E-state index contributed by atoms with van der Waals surface area (Å²) in [5, 5.41) is 11.1. The van der Waals surface area contributed by atoms with Crippen LogP contribution >= 0.6 is 11.6 Å². The minimum absolute atomic E-state index is 0.0560. The fraction of sp³-hybridized carbons (Fsp3) is 0.690. The molecule has 230 valence electrons. The minimum atomic E-state index is -4.08. The van der Waals surface area contributed by atoms with Gasteiger partial charge in [0.05, 0.1) is 39.6 Å². The quantitative estimate of drug-likeness (QED) is 0.515. The Balaban J connectivity index is 1.35. The summed E-state index contributed by atoms with van der Waals surface area (Å²) >= 11 is 6.57. The van der Waals surface area contributed by atoms with Gasteiger partial charge < -0.3 is 15.1 Å². The van der Waals surface area contributed by atoms with Crippen LogP contribution < -0.4 is 10.2 Å². The Kier molecular flexibility index (Phi) is 8.03. The molecule has 3 atom stereocenters. The van der Waals surface area contributed by atoms with Crippen molar-refractivity contribution in [1.29, 1.82) is 5.26 Å². The van der Waals surface area contributed by atoms with E-state index in [2.05, 4.69) is 42.0 Å². The molecule has 1 aromatic rings. The van der Waals surface area contributed by atoms with Crippen molar-refractivity contribution in [3.05, 3.63) is 23.2 Å². The number of amides is 2. The number of benzene rings is 1. The van der Waals surface area contributed by atoms with Crippen molar-refractivity contribution in [2.75, 3.05) is 44.2 Å². The molecule has 1 aromatic carbocycles. The molecule has 1 N–H and O–H groups in total. The van der Waals surface area contributed by atoms with E-state index >= 15 is 0 Å². The molecule has 4 fully saturated rings.